The molecule has 0 aliphatic carbocycles. The normalized spacial score (nSPS) is 20.7. The number of aromatic nitrogens is 1. The van der Waals surface area contributed by atoms with Gasteiger partial charge in [-0.05, 0) is 73.0 Å². The second kappa shape index (κ2) is 8.47. The number of carbonyl (C=O) groups is 2. The number of ether oxygens (including phenoxy) is 1. The summed E-state index contributed by atoms with van der Waals surface area (Å²) in [7, 11) is 0. The van der Waals surface area contributed by atoms with Crippen molar-refractivity contribution in [3.63, 3.8) is 0 Å². The van der Waals surface area contributed by atoms with E-state index < -0.39 is 17.7 Å². The molecule has 2 aliphatic rings. The number of aliphatic hydroxyl groups is 1. The number of benzene rings is 3. The van der Waals surface area contributed by atoms with Crippen molar-refractivity contribution >= 4 is 55.7 Å². The van der Waals surface area contributed by atoms with Gasteiger partial charge in [0.15, 0.2) is 5.13 Å². The molecule has 4 aromatic rings. The number of halogens is 1. The highest BCUT2D eigenvalue weighted by molar-refractivity contribution is 7.22. The molecule has 0 saturated carbocycles. The van der Waals surface area contributed by atoms with Crippen LogP contribution < -0.4 is 9.64 Å². The molecule has 1 aromatic heterocycles. The highest BCUT2D eigenvalue weighted by atomic mass is 35.5. The predicted molar refractivity (Wildman–Crippen MR) is 141 cm³/mol. The Kier molecular flexibility index (Phi) is 5.35. The number of hydrogen-bond acceptors (Lipinski definition) is 6. The van der Waals surface area contributed by atoms with E-state index in [9.17, 15) is 14.7 Å². The molecular weight excluding hydrogens is 496 g/mol. The van der Waals surface area contributed by atoms with Gasteiger partial charge in [-0.15, -0.1) is 0 Å². The standard InChI is InChI=1S/C28H21ClN2O4S/c1-14-3-9-20-22(11-14)36-28(30-20)31-24(16-4-7-19(29)8-5-16)23(26(33)27(31)34)25(32)17-6-10-21-18(13-17)12-15(2)35-21/h3-11,13,15,24,32H,12H2,1-2H3. The predicted octanol–water partition coefficient (Wildman–Crippen LogP) is 6.21. The van der Waals surface area contributed by atoms with Crippen LogP contribution in [0.2, 0.25) is 5.02 Å². The van der Waals surface area contributed by atoms with Gasteiger partial charge in [-0.25, -0.2) is 4.98 Å². The fourth-order valence-electron chi connectivity index (χ4n) is 4.84. The summed E-state index contributed by atoms with van der Waals surface area (Å²) in [5, 5.41) is 12.4. The maximum atomic E-state index is 13.4. The first-order chi connectivity index (χ1) is 17.3. The molecule has 180 valence electrons. The van der Waals surface area contributed by atoms with E-state index in [1.807, 2.05) is 38.1 Å². The third kappa shape index (κ3) is 3.67. The number of nitrogens with zero attached hydrogens (tertiary/aromatic N) is 2. The van der Waals surface area contributed by atoms with Crippen molar-refractivity contribution in [3.8, 4) is 5.75 Å². The van der Waals surface area contributed by atoms with Crippen LogP contribution in [0.15, 0.2) is 66.2 Å². The second-order valence-corrected chi connectivity index (χ2v) is 10.6. The molecule has 8 heteroatoms. The molecule has 2 atom stereocenters. The van der Waals surface area contributed by atoms with Gasteiger partial charge in [0.1, 0.15) is 17.6 Å². The molecule has 6 nitrogen and oxygen atoms in total. The van der Waals surface area contributed by atoms with Crippen LogP contribution in [0.25, 0.3) is 16.0 Å². The zero-order valence-corrected chi connectivity index (χ0v) is 21.1. The SMILES string of the molecule is Cc1ccc2nc(N3C(=O)C(=O)C(=C(O)c4ccc5c(c4)CC(C)O5)C3c3ccc(Cl)cc3)sc2c1. The van der Waals surface area contributed by atoms with Crippen LogP contribution in [0.1, 0.15) is 35.2 Å². The topological polar surface area (TPSA) is 79.7 Å². The molecule has 2 unspecified atom stereocenters. The lowest BCUT2D eigenvalue weighted by atomic mass is 9.94. The number of fused-ring (bicyclic) bond motifs is 2. The van der Waals surface area contributed by atoms with E-state index in [1.165, 1.54) is 16.2 Å². The first kappa shape index (κ1) is 22.8. The van der Waals surface area contributed by atoms with Gasteiger partial charge in [0, 0.05) is 17.0 Å². The number of aryl methyl sites for hydroxylation is 1. The van der Waals surface area contributed by atoms with Gasteiger partial charge >= 0.3 is 5.91 Å². The lowest BCUT2D eigenvalue weighted by molar-refractivity contribution is -0.132. The number of aliphatic hydroxyl groups excluding tert-OH is 1. The molecular formula is C28H21ClN2O4S. The Bertz CT molecular complexity index is 1590. The van der Waals surface area contributed by atoms with E-state index in [1.54, 1.807) is 36.4 Å². The van der Waals surface area contributed by atoms with E-state index in [0.717, 1.165) is 27.1 Å². The molecule has 3 heterocycles. The molecule has 2 aliphatic heterocycles. The summed E-state index contributed by atoms with van der Waals surface area (Å²) in [6.07, 6.45) is 0.746. The van der Waals surface area contributed by atoms with Gasteiger partial charge < -0.3 is 9.84 Å². The maximum absolute atomic E-state index is 13.4. The van der Waals surface area contributed by atoms with Crippen LogP contribution in [-0.4, -0.2) is 27.9 Å². The average molecular weight is 517 g/mol. The van der Waals surface area contributed by atoms with Crippen LogP contribution in [0.4, 0.5) is 5.13 Å². The van der Waals surface area contributed by atoms with Crippen LogP contribution in [0.3, 0.4) is 0 Å². The lowest BCUT2D eigenvalue weighted by Crippen LogP contribution is -2.29. The maximum Gasteiger partial charge on any atom is 0.301 e. The number of carbonyl (C=O) groups excluding carboxylic acids is 2. The van der Waals surface area contributed by atoms with Gasteiger partial charge in [0.2, 0.25) is 0 Å². The van der Waals surface area contributed by atoms with Crippen molar-refractivity contribution in [3.05, 3.63) is 93.5 Å². The number of Topliss-reactive ketones (excluding diaryl/α,β-unsaturated/α-hetero) is 1. The van der Waals surface area contributed by atoms with E-state index >= 15 is 0 Å². The van der Waals surface area contributed by atoms with Crippen LogP contribution in [-0.2, 0) is 16.0 Å². The van der Waals surface area contributed by atoms with Crippen LogP contribution >= 0.6 is 22.9 Å². The van der Waals surface area contributed by atoms with Gasteiger partial charge in [-0.3, -0.25) is 14.5 Å². The third-order valence-electron chi connectivity index (χ3n) is 6.54. The quantitative estimate of drug-likeness (QED) is 0.199. The Labute approximate surface area is 216 Å². The third-order valence-corrected chi connectivity index (χ3v) is 7.81. The van der Waals surface area contributed by atoms with Gasteiger partial charge in [0.25, 0.3) is 5.78 Å². The van der Waals surface area contributed by atoms with Crippen molar-refractivity contribution < 1.29 is 19.4 Å². The Morgan fingerprint density at radius 2 is 1.89 bits per heavy atom. The number of thiazole rings is 1. The van der Waals surface area contributed by atoms with Crippen molar-refractivity contribution in [1.29, 1.82) is 0 Å². The van der Waals surface area contributed by atoms with Crippen molar-refractivity contribution in [2.45, 2.75) is 32.4 Å². The number of anilines is 1. The highest BCUT2D eigenvalue weighted by Gasteiger charge is 2.48. The number of amides is 1. The van der Waals surface area contributed by atoms with Gasteiger partial charge in [-0.2, -0.15) is 0 Å². The Morgan fingerprint density at radius 3 is 2.67 bits per heavy atom. The molecule has 1 fully saturated rings. The molecule has 6 rings (SSSR count). The molecule has 0 spiro atoms. The average Bonchev–Trinajstić information content (AvgIpc) is 3.51. The minimum atomic E-state index is -0.854. The molecule has 1 saturated heterocycles. The number of ketones is 1. The Balaban J connectivity index is 1.53. The number of hydrogen-bond donors (Lipinski definition) is 1. The minimum Gasteiger partial charge on any atom is -0.507 e. The largest absolute Gasteiger partial charge is 0.507 e. The van der Waals surface area contributed by atoms with Crippen LogP contribution in [0.5, 0.6) is 5.75 Å². The zero-order chi connectivity index (χ0) is 25.1. The van der Waals surface area contributed by atoms with Gasteiger partial charge in [0.05, 0.1) is 21.8 Å². The fourth-order valence-corrected chi connectivity index (χ4v) is 6.05. The monoisotopic (exact) mass is 516 g/mol. The molecule has 1 amide bonds. The highest BCUT2D eigenvalue weighted by Crippen LogP contribution is 2.45. The summed E-state index contributed by atoms with van der Waals surface area (Å²) < 4.78 is 6.68. The van der Waals surface area contributed by atoms with E-state index in [-0.39, 0.29) is 17.4 Å². The summed E-state index contributed by atoms with van der Waals surface area (Å²) in [6, 6.07) is 17.2. The lowest BCUT2D eigenvalue weighted by Gasteiger charge is -2.23. The van der Waals surface area contributed by atoms with Crippen molar-refractivity contribution in [1.82, 2.24) is 4.98 Å². The molecule has 3 aromatic carbocycles. The number of rotatable bonds is 3. The molecule has 1 N–H and O–H groups in total. The molecule has 0 bridgehead atoms. The summed E-state index contributed by atoms with van der Waals surface area (Å²) in [5.74, 6) is -0.952. The van der Waals surface area contributed by atoms with E-state index in [0.29, 0.717) is 27.7 Å². The Morgan fingerprint density at radius 1 is 1.11 bits per heavy atom. The first-order valence-electron chi connectivity index (χ1n) is 11.5. The summed E-state index contributed by atoms with van der Waals surface area (Å²) >= 11 is 7.46. The van der Waals surface area contributed by atoms with E-state index in [4.69, 9.17) is 16.3 Å². The molecule has 0 radical (unpaired) electrons. The van der Waals surface area contributed by atoms with Gasteiger partial charge in [-0.1, -0.05) is 41.1 Å². The Hall–Kier alpha value is -3.68. The minimum absolute atomic E-state index is 0.0182. The summed E-state index contributed by atoms with van der Waals surface area (Å²) in [5.41, 5.74) is 3.89. The van der Waals surface area contributed by atoms with Crippen molar-refractivity contribution in [2.24, 2.45) is 0 Å². The first-order valence-corrected chi connectivity index (χ1v) is 12.7. The summed E-state index contributed by atoms with van der Waals surface area (Å²) in [6.45, 7) is 3.96. The zero-order valence-electron chi connectivity index (χ0n) is 19.5. The van der Waals surface area contributed by atoms with E-state index in [2.05, 4.69) is 4.98 Å². The molecule has 36 heavy (non-hydrogen) atoms. The fraction of sp³-hybridized carbons (Fsp3) is 0.179. The smallest absolute Gasteiger partial charge is 0.301 e. The summed E-state index contributed by atoms with van der Waals surface area (Å²) in [4.78, 5) is 32.9. The van der Waals surface area contributed by atoms with Crippen LogP contribution in [0, 0.1) is 6.92 Å². The second-order valence-electron chi connectivity index (χ2n) is 9.14. The van der Waals surface area contributed by atoms with Crippen molar-refractivity contribution in [2.75, 3.05) is 4.90 Å².